The molecule has 0 aliphatic carbocycles. The molecule has 0 spiro atoms. The van der Waals surface area contributed by atoms with Gasteiger partial charge in [0.25, 0.3) is 0 Å². The monoisotopic (exact) mass is 494 g/mol. The van der Waals surface area contributed by atoms with Crippen molar-refractivity contribution in [1.29, 1.82) is 0 Å². The second-order valence-electron chi connectivity index (χ2n) is 7.61. The Bertz CT molecular complexity index is 1340. The van der Waals surface area contributed by atoms with Gasteiger partial charge in [0.05, 0.1) is 32.7 Å². The summed E-state index contributed by atoms with van der Waals surface area (Å²) in [6.45, 7) is 0.772. The largest absolute Gasteiger partial charge is 0.376 e. The van der Waals surface area contributed by atoms with Crippen molar-refractivity contribution in [3.05, 3.63) is 48.5 Å². The number of hydrogen-bond acceptors (Lipinski definition) is 8. The van der Waals surface area contributed by atoms with E-state index in [9.17, 15) is 21.6 Å². The molecule has 1 saturated heterocycles. The molecule has 4 rings (SSSR count). The van der Waals surface area contributed by atoms with E-state index in [0.717, 1.165) is 30.4 Å². The van der Waals surface area contributed by atoms with Crippen molar-refractivity contribution < 1.29 is 26.4 Å². The molecule has 1 aliphatic rings. The molecule has 2 heterocycles. The second kappa shape index (κ2) is 8.89. The molecule has 32 heavy (non-hydrogen) atoms. The fraction of sp³-hybridized carbons (Fsp3) is 0.333. The maximum absolute atomic E-state index is 13.2. The number of amides is 1. The molecule has 1 aromatic heterocycles. The van der Waals surface area contributed by atoms with Gasteiger partial charge < -0.3 is 4.74 Å². The maximum atomic E-state index is 13.2. The van der Waals surface area contributed by atoms with Gasteiger partial charge in [-0.3, -0.25) is 9.69 Å². The summed E-state index contributed by atoms with van der Waals surface area (Å²) in [4.78, 5) is 19.2. The van der Waals surface area contributed by atoms with E-state index in [-0.39, 0.29) is 22.4 Å². The number of aromatic nitrogens is 1. The van der Waals surface area contributed by atoms with Crippen LogP contribution < -0.4 is 4.90 Å². The van der Waals surface area contributed by atoms with Crippen LogP contribution in [-0.4, -0.2) is 59.0 Å². The summed E-state index contributed by atoms with van der Waals surface area (Å²) in [5, 5.41) is 0.314. The predicted octanol–water partition coefficient (Wildman–Crippen LogP) is 2.69. The molecule has 0 bridgehead atoms. The number of thiazole rings is 1. The Kier molecular flexibility index (Phi) is 6.35. The molecule has 1 unspecified atom stereocenters. The van der Waals surface area contributed by atoms with Gasteiger partial charge in [-0.15, -0.1) is 0 Å². The average Bonchev–Trinajstić information content (AvgIpc) is 3.40. The van der Waals surface area contributed by atoms with Crippen LogP contribution in [0.5, 0.6) is 0 Å². The Balaban J connectivity index is 1.68. The van der Waals surface area contributed by atoms with Gasteiger partial charge >= 0.3 is 0 Å². The zero-order chi connectivity index (χ0) is 22.9. The van der Waals surface area contributed by atoms with Crippen LogP contribution in [0.15, 0.2) is 58.3 Å². The Hall–Kier alpha value is -2.34. The van der Waals surface area contributed by atoms with Crippen LogP contribution in [0.2, 0.25) is 0 Å². The van der Waals surface area contributed by atoms with Crippen LogP contribution in [0.1, 0.15) is 12.8 Å². The highest BCUT2D eigenvalue weighted by Crippen LogP contribution is 2.32. The number of rotatable bonds is 7. The van der Waals surface area contributed by atoms with Crippen molar-refractivity contribution in [3.63, 3.8) is 0 Å². The molecular weight excluding hydrogens is 472 g/mol. The first-order valence-corrected chi connectivity index (χ1v) is 14.3. The highest BCUT2D eigenvalue weighted by atomic mass is 32.2. The number of nitrogens with zero attached hydrogens (tertiary/aromatic N) is 2. The van der Waals surface area contributed by atoms with Gasteiger partial charge in [0.15, 0.2) is 24.8 Å². The Morgan fingerprint density at radius 3 is 2.53 bits per heavy atom. The Morgan fingerprint density at radius 2 is 1.88 bits per heavy atom. The molecule has 0 radical (unpaired) electrons. The smallest absolute Gasteiger partial charge is 0.244 e. The third-order valence-corrected chi connectivity index (χ3v) is 8.90. The van der Waals surface area contributed by atoms with Gasteiger partial charge in [-0.05, 0) is 43.2 Å². The predicted molar refractivity (Wildman–Crippen MR) is 123 cm³/mol. The summed E-state index contributed by atoms with van der Waals surface area (Å²) in [7, 11) is -7.23. The van der Waals surface area contributed by atoms with E-state index < -0.39 is 31.3 Å². The quantitative estimate of drug-likeness (QED) is 0.496. The van der Waals surface area contributed by atoms with Gasteiger partial charge in [-0.2, -0.15) is 0 Å². The zero-order valence-electron chi connectivity index (χ0n) is 17.3. The second-order valence-corrected chi connectivity index (χ2v) is 12.6. The van der Waals surface area contributed by atoms with Gasteiger partial charge in [0.1, 0.15) is 5.75 Å². The third kappa shape index (κ3) is 5.01. The van der Waals surface area contributed by atoms with Crippen LogP contribution in [0.25, 0.3) is 10.2 Å². The van der Waals surface area contributed by atoms with Crippen LogP contribution in [-0.2, 0) is 29.2 Å². The average molecular weight is 495 g/mol. The number of fused-ring (bicyclic) bond motifs is 1. The van der Waals surface area contributed by atoms with E-state index in [4.69, 9.17) is 4.74 Å². The lowest BCUT2D eigenvalue weighted by atomic mass is 10.2. The van der Waals surface area contributed by atoms with E-state index >= 15 is 0 Å². The first kappa shape index (κ1) is 22.8. The molecule has 11 heteroatoms. The zero-order valence-corrected chi connectivity index (χ0v) is 19.7. The Labute approximate surface area is 190 Å². The lowest BCUT2D eigenvalue weighted by Gasteiger charge is -2.23. The highest BCUT2D eigenvalue weighted by Gasteiger charge is 2.30. The summed E-state index contributed by atoms with van der Waals surface area (Å²) >= 11 is 1.15. The minimum Gasteiger partial charge on any atom is -0.376 e. The van der Waals surface area contributed by atoms with Gasteiger partial charge in [-0.1, -0.05) is 29.5 Å². The van der Waals surface area contributed by atoms with Gasteiger partial charge in [0.2, 0.25) is 5.91 Å². The van der Waals surface area contributed by atoms with Crippen LogP contribution in [0.3, 0.4) is 0 Å². The normalized spacial score (nSPS) is 17.0. The van der Waals surface area contributed by atoms with Crippen LogP contribution in [0.4, 0.5) is 5.13 Å². The molecule has 0 saturated carbocycles. The van der Waals surface area contributed by atoms with Crippen LogP contribution >= 0.6 is 11.3 Å². The molecule has 170 valence electrons. The number of hydrogen-bond donors (Lipinski definition) is 0. The van der Waals surface area contributed by atoms with Crippen molar-refractivity contribution in [3.8, 4) is 0 Å². The summed E-state index contributed by atoms with van der Waals surface area (Å²) in [6, 6.07) is 12.4. The van der Waals surface area contributed by atoms with Crippen molar-refractivity contribution in [2.45, 2.75) is 28.7 Å². The van der Waals surface area contributed by atoms with Crippen molar-refractivity contribution in [2.75, 3.05) is 30.1 Å². The Morgan fingerprint density at radius 1 is 1.12 bits per heavy atom. The molecule has 0 N–H and O–H groups in total. The lowest BCUT2D eigenvalue weighted by Crippen LogP contribution is -2.40. The topological polar surface area (TPSA) is 111 Å². The lowest BCUT2D eigenvalue weighted by molar-refractivity contribution is -0.116. The van der Waals surface area contributed by atoms with Crippen molar-refractivity contribution in [2.24, 2.45) is 0 Å². The van der Waals surface area contributed by atoms with E-state index in [1.807, 2.05) is 0 Å². The molecule has 8 nitrogen and oxygen atoms in total. The summed E-state index contributed by atoms with van der Waals surface area (Å²) < 4.78 is 55.6. The number of carbonyl (C=O) groups excluding carboxylic acids is 1. The van der Waals surface area contributed by atoms with E-state index in [2.05, 4.69) is 4.98 Å². The first-order valence-electron chi connectivity index (χ1n) is 9.94. The molecule has 3 aromatic rings. The number of carbonyl (C=O) groups is 1. The van der Waals surface area contributed by atoms with Gasteiger partial charge in [-0.25, -0.2) is 21.8 Å². The fourth-order valence-electron chi connectivity index (χ4n) is 3.47. The fourth-order valence-corrected chi connectivity index (χ4v) is 6.44. The third-order valence-electron chi connectivity index (χ3n) is 5.13. The molecule has 2 aromatic carbocycles. The van der Waals surface area contributed by atoms with E-state index in [1.54, 1.807) is 24.3 Å². The van der Waals surface area contributed by atoms with Gasteiger partial charge in [0, 0.05) is 12.9 Å². The molecule has 1 fully saturated rings. The number of sulfone groups is 2. The minimum absolute atomic E-state index is 0.0764. The van der Waals surface area contributed by atoms with Crippen molar-refractivity contribution >= 4 is 52.3 Å². The van der Waals surface area contributed by atoms with Crippen molar-refractivity contribution in [1.82, 2.24) is 4.98 Å². The highest BCUT2D eigenvalue weighted by molar-refractivity contribution is 7.92. The first-order chi connectivity index (χ1) is 15.1. The molecule has 1 aliphatic heterocycles. The summed E-state index contributed by atoms with van der Waals surface area (Å²) in [5.74, 6) is -1.31. The maximum Gasteiger partial charge on any atom is 0.244 e. The molecular formula is C21H22N2O6S3. The number of benzene rings is 2. The van der Waals surface area contributed by atoms with E-state index in [1.165, 1.54) is 29.2 Å². The number of anilines is 1. The van der Waals surface area contributed by atoms with E-state index in [0.29, 0.717) is 22.0 Å². The summed E-state index contributed by atoms with van der Waals surface area (Å²) in [6.07, 6.45) is 2.54. The molecule has 1 amide bonds. The molecule has 1 atom stereocenters. The number of ether oxygens (including phenoxy) is 1. The standard InChI is InChI=1S/C21H22N2O6S3/c1-31(25,26)17-9-10-18-19(12-17)30-21(22-18)23(13-15-6-5-11-29-15)20(24)14-32(27,28)16-7-3-2-4-8-16/h2-4,7-10,12,15H,5-6,11,13-14H2,1H3. The van der Waals surface area contributed by atoms with Crippen LogP contribution in [0, 0.1) is 0 Å². The summed E-state index contributed by atoms with van der Waals surface area (Å²) in [5.41, 5.74) is 0.536. The SMILES string of the molecule is CS(=O)(=O)c1ccc2nc(N(CC3CCCO3)C(=O)CS(=O)(=O)c3ccccc3)sc2c1. The minimum atomic E-state index is -3.84.